The molecule has 0 aliphatic carbocycles. The molecule has 0 aromatic heterocycles. The smallest absolute Gasteiger partial charge is 0.211 e. The van der Waals surface area contributed by atoms with Crippen molar-refractivity contribution in [2.45, 2.75) is 19.4 Å². The maximum absolute atomic E-state index is 5.59. The first-order valence-electron chi connectivity index (χ1n) is 5.06. The lowest BCUT2D eigenvalue weighted by molar-refractivity contribution is 0.254. The molecule has 5 heteroatoms. The van der Waals surface area contributed by atoms with Crippen molar-refractivity contribution in [3.63, 3.8) is 0 Å². The Balaban J connectivity index is 2.17. The van der Waals surface area contributed by atoms with Crippen molar-refractivity contribution in [1.82, 2.24) is 0 Å². The summed E-state index contributed by atoms with van der Waals surface area (Å²) in [6, 6.07) is 5.89. The van der Waals surface area contributed by atoms with Gasteiger partial charge in [-0.2, -0.15) is 5.10 Å². The maximum Gasteiger partial charge on any atom is 0.211 e. The van der Waals surface area contributed by atoms with Crippen LogP contribution in [0.1, 0.15) is 18.1 Å². The molecule has 1 heterocycles. The summed E-state index contributed by atoms with van der Waals surface area (Å²) in [6.07, 6.45) is 2.79. The first-order valence-corrected chi connectivity index (χ1v) is 5.06. The van der Waals surface area contributed by atoms with Crippen LogP contribution in [0.15, 0.2) is 28.4 Å². The summed E-state index contributed by atoms with van der Waals surface area (Å²) < 4.78 is 5.59. The standard InChI is InChI=1S/C11H14N4O/c1-7-4-9-5-8(2-3-10(9)16-7)6-14-15-11(12)13/h2-3,5-7H,4H2,1H3,(H4,12,13,15). The zero-order valence-electron chi connectivity index (χ0n) is 9.05. The molecule has 1 aliphatic heterocycles. The molecule has 0 radical (unpaired) electrons. The Morgan fingerprint density at radius 3 is 3.06 bits per heavy atom. The van der Waals surface area contributed by atoms with Gasteiger partial charge < -0.3 is 16.2 Å². The molecule has 0 fully saturated rings. The Hall–Kier alpha value is -2.04. The van der Waals surface area contributed by atoms with E-state index in [2.05, 4.69) is 10.2 Å². The number of nitrogens with two attached hydrogens (primary N) is 2. The van der Waals surface area contributed by atoms with Crippen LogP contribution in [0.2, 0.25) is 0 Å². The van der Waals surface area contributed by atoms with Gasteiger partial charge in [0.1, 0.15) is 11.9 Å². The molecule has 0 spiro atoms. The molecule has 0 saturated heterocycles. The summed E-state index contributed by atoms with van der Waals surface area (Å²) in [7, 11) is 0. The van der Waals surface area contributed by atoms with Crippen LogP contribution >= 0.6 is 0 Å². The molecule has 1 aliphatic rings. The number of nitrogens with zero attached hydrogens (tertiary/aromatic N) is 2. The van der Waals surface area contributed by atoms with Crippen LogP contribution in [0.25, 0.3) is 0 Å². The van der Waals surface area contributed by atoms with Crippen molar-refractivity contribution in [2.24, 2.45) is 21.7 Å². The number of fused-ring (bicyclic) bond motifs is 1. The number of rotatable bonds is 2. The lowest BCUT2D eigenvalue weighted by Gasteiger charge is -2.01. The molecule has 0 saturated carbocycles. The molecule has 1 atom stereocenters. The summed E-state index contributed by atoms with van der Waals surface area (Å²) in [4.78, 5) is 0. The number of benzene rings is 1. The van der Waals surface area contributed by atoms with E-state index in [1.165, 1.54) is 5.56 Å². The minimum Gasteiger partial charge on any atom is -0.490 e. The van der Waals surface area contributed by atoms with E-state index < -0.39 is 0 Å². The number of guanidine groups is 1. The normalized spacial score (nSPS) is 18.2. The average Bonchev–Trinajstić information content (AvgIpc) is 2.56. The lowest BCUT2D eigenvalue weighted by Crippen LogP contribution is -2.21. The summed E-state index contributed by atoms with van der Waals surface area (Å²) in [5, 5.41) is 7.30. The van der Waals surface area contributed by atoms with Gasteiger partial charge in [0.2, 0.25) is 5.96 Å². The second-order valence-corrected chi connectivity index (χ2v) is 3.77. The highest BCUT2D eigenvalue weighted by molar-refractivity contribution is 5.82. The zero-order chi connectivity index (χ0) is 11.5. The Morgan fingerprint density at radius 2 is 2.31 bits per heavy atom. The van der Waals surface area contributed by atoms with Gasteiger partial charge in [-0.05, 0) is 36.2 Å². The number of hydrogen-bond acceptors (Lipinski definition) is 3. The number of hydrogen-bond donors (Lipinski definition) is 2. The first kappa shape index (κ1) is 10.5. The van der Waals surface area contributed by atoms with Gasteiger partial charge in [0.05, 0.1) is 6.21 Å². The van der Waals surface area contributed by atoms with Gasteiger partial charge >= 0.3 is 0 Å². The van der Waals surface area contributed by atoms with E-state index in [9.17, 15) is 0 Å². The molecule has 4 N–H and O–H groups in total. The fourth-order valence-electron chi connectivity index (χ4n) is 1.68. The van der Waals surface area contributed by atoms with E-state index in [0.717, 1.165) is 17.7 Å². The largest absolute Gasteiger partial charge is 0.490 e. The Morgan fingerprint density at radius 1 is 1.50 bits per heavy atom. The van der Waals surface area contributed by atoms with Crippen LogP contribution in [-0.4, -0.2) is 18.3 Å². The van der Waals surface area contributed by atoms with Gasteiger partial charge in [0.25, 0.3) is 0 Å². The molecule has 84 valence electrons. The second-order valence-electron chi connectivity index (χ2n) is 3.77. The van der Waals surface area contributed by atoms with Crippen LogP contribution in [0.3, 0.4) is 0 Å². The molecular formula is C11H14N4O. The first-order chi connectivity index (χ1) is 7.65. The van der Waals surface area contributed by atoms with E-state index in [0.29, 0.717) is 0 Å². The van der Waals surface area contributed by atoms with Gasteiger partial charge in [-0.3, -0.25) is 0 Å². The van der Waals surface area contributed by atoms with Crippen LogP contribution in [0.4, 0.5) is 0 Å². The second kappa shape index (κ2) is 4.22. The number of ether oxygens (including phenoxy) is 1. The average molecular weight is 218 g/mol. The predicted molar refractivity (Wildman–Crippen MR) is 63.6 cm³/mol. The van der Waals surface area contributed by atoms with E-state index in [4.69, 9.17) is 16.2 Å². The fourth-order valence-corrected chi connectivity index (χ4v) is 1.68. The van der Waals surface area contributed by atoms with Crippen molar-refractivity contribution in [2.75, 3.05) is 0 Å². The molecule has 2 rings (SSSR count). The molecular weight excluding hydrogens is 204 g/mol. The van der Waals surface area contributed by atoms with E-state index in [-0.39, 0.29) is 12.1 Å². The SMILES string of the molecule is CC1Cc2cc(C=NN=C(N)N)ccc2O1. The Bertz CT molecular complexity index is 449. The Labute approximate surface area is 93.8 Å². The van der Waals surface area contributed by atoms with Gasteiger partial charge in [-0.25, -0.2) is 0 Å². The third-order valence-electron chi connectivity index (χ3n) is 2.30. The molecule has 0 bridgehead atoms. The van der Waals surface area contributed by atoms with E-state index in [1.54, 1.807) is 6.21 Å². The highest BCUT2D eigenvalue weighted by Crippen LogP contribution is 2.28. The van der Waals surface area contributed by atoms with Crippen molar-refractivity contribution in [3.8, 4) is 5.75 Å². The van der Waals surface area contributed by atoms with E-state index >= 15 is 0 Å². The third-order valence-corrected chi connectivity index (χ3v) is 2.30. The lowest BCUT2D eigenvalue weighted by atomic mass is 10.1. The molecule has 5 nitrogen and oxygen atoms in total. The molecule has 1 aromatic rings. The van der Waals surface area contributed by atoms with Crippen LogP contribution in [-0.2, 0) is 6.42 Å². The monoisotopic (exact) mass is 218 g/mol. The van der Waals surface area contributed by atoms with Crippen molar-refractivity contribution < 1.29 is 4.74 Å². The van der Waals surface area contributed by atoms with Gasteiger partial charge in [-0.1, -0.05) is 0 Å². The molecule has 0 amide bonds. The molecule has 1 aromatic carbocycles. The predicted octanol–water partition coefficient (Wildman–Crippen LogP) is 0.617. The maximum atomic E-state index is 5.59. The summed E-state index contributed by atoms with van der Waals surface area (Å²) in [6.45, 7) is 2.05. The zero-order valence-corrected chi connectivity index (χ0v) is 9.05. The van der Waals surface area contributed by atoms with Crippen LogP contribution in [0.5, 0.6) is 5.75 Å². The third kappa shape index (κ3) is 2.31. The fraction of sp³-hybridized carbons (Fsp3) is 0.273. The topological polar surface area (TPSA) is 86.0 Å². The van der Waals surface area contributed by atoms with Crippen LogP contribution < -0.4 is 16.2 Å². The van der Waals surface area contributed by atoms with Gasteiger partial charge in [-0.15, -0.1) is 5.10 Å². The highest BCUT2D eigenvalue weighted by Gasteiger charge is 2.18. The van der Waals surface area contributed by atoms with Gasteiger partial charge in [0, 0.05) is 6.42 Å². The van der Waals surface area contributed by atoms with Crippen molar-refractivity contribution in [1.29, 1.82) is 0 Å². The summed E-state index contributed by atoms with van der Waals surface area (Å²) in [5.74, 6) is 0.904. The van der Waals surface area contributed by atoms with Crippen molar-refractivity contribution in [3.05, 3.63) is 29.3 Å². The quantitative estimate of drug-likeness (QED) is 0.433. The minimum absolute atomic E-state index is 0.0469. The summed E-state index contributed by atoms with van der Waals surface area (Å²) >= 11 is 0. The van der Waals surface area contributed by atoms with Crippen molar-refractivity contribution >= 4 is 12.2 Å². The highest BCUT2D eigenvalue weighted by atomic mass is 16.5. The van der Waals surface area contributed by atoms with Crippen LogP contribution in [0, 0.1) is 0 Å². The molecule has 1 unspecified atom stereocenters. The minimum atomic E-state index is -0.0469. The molecule has 16 heavy (non-hydrogen) atoms. The summed E-state index contributed by atoms with van der Waals surface area (Å²) in [5.41, 5.74) is 12.5. The van der Waals surface area contributed by atoms with E-state index in [1.807, 2.05) is 25.1 Å². The Kier molecular flexibility index (Phi) is 2.76. The van der Waals surface area contributed by atoms with Gasteiger partial charge in [0.15, 0.2) is 0 Å².